The average molecular weight is 461 g/mol. The molecule has 1 heterocycles. The van der Waals surface area contributed by atoms with E-state index in [4.69, 9.17) is 0 Å². The second-order valence-corrected chi connectivity index (χ2v) is 10.8. The molecule has 3 aromatic rings. The van der Waals surface area contributed by atoms with Gasteiger partial charge in [0.05, 0.1) is 4.90 Å². The molecule has 0 atom stereocenters. The Bertz CT molecular complexity index is 1310. The molecule has 170 valence electrons. The maximum atomic E-state index is 13.0. The molecule has 0 bridgehead atoms. The molecule has 33 heavy (non-hydrogen) atoms. The molecule has 1 aliphatic carbocycles. The van der Waals surface area contributed by atoms with Crippen molar-refractivity contribution in [3.8, 4) is 0 Å². The normalized spacial score (nSPS) is 15.2. The third-order valence-electron chi connectivity index (χ3n) is 6.68. The molecule has 6 heteroatoms. The van der Waals surface area contributed by atoms with Crippen molar-refractivity contribution in [2.24, 2.45) is 0 Å². The van der Waals surface area contributed by atoms with Crippen LogP contribution in [0.5, 0.6) is 0 Å². The van der Waals surface area contributed by atoms with Gasteiger partial charge in [0, 0.05) is 24.3 Å². The van der Waals surface area contributed by atoms with Crippen LogP contribution in [0.2, 0.25) is 0 Å². The van der Waals surface area contributed by atoms with Crippen LogP contribution >= 0.6 is 0 Å². The number of carbonyl (C=O) groups excluding carboxylic acids is 1. The zero-order chi connectivity index (χ0) is 23.0. The highest BCUT2D eigenvalue weighted by Gasteiger charge is 2.26. The van der Waals surface area contributed by atoms with Crippen LogP contribution in [0.4, 0.5) is 5.69 Å². The minimum Gasteiger partial charge on any atom is -0.308 e. The van der Waals surface area contributed by atoms with Crippen molar-refractivity contribution in [2.45, 2.75) is 50.5 Å². The first-order valence-corrected chi connectivity index (χ1v) is 13.0. The van der Waals surface area contributed by atoms with E-state index in [1.54, 1.807) is 11.0 Å². The van der Waals surface area contributed by atoms with Gasteiger partial charge in [-0.05, 0) is 91.6 Å². The summed E-state index contributed by atoms with van der Waals surface area (Å²) in [6, 6.07) is 18.9. The van der Waals surface area contributed by atoms with Crippen LogP contribution < -0.4 is 9.62 Å². The summed E-state index contributed by atoms with van der Waals surface area (Å²) in [5.41, 5.74) is 7.08. The van der Waals surface area contributed by atoms with E-state index in [0.29, 0.717) is 17.0 Å². The molecule has 0 radical (unpaired) electrons. The number of sulfonamides is 1. The van der Waals surface area contributed by atoms with Crippen molar-refractivity contribution >= 4 is 21.6 Å². The number of benzene rings is 3. The Morgan fingerprint density at radius 2 is 1.64 bits per heavy atom. The number of amides is 1. The Morgan fingerprint density at radius 1 is 0.879 bits per heavy atom. The van der Waals surface area contributed by atoms with E-state index in [1.165, 1.54) is 12.0 Å². The molecule has 1 amide bonds. The average Bonchev–Trinajstić information content (AvgIpc) is 3.26. The Labute approximate surface area is 195 Å². The van der Waals surface area contributed by atoms with E-state index in [-0.39, 0.29) is 12.5 Å². The van der Waals surface area contributed by atoms with Gasteiger partial charge in [0.2, 0.25) is 10.0 Å². The molecule has 5 rings (SSSR count). The van der Waals surface area contributed by atoms with Gasteiger partial charge in [-0.1, -0.05) is 35.9 Å². The zero-order valence-electron chi connectivity index (χ0n) is 18.8. The molecule has 1 aliphatic heterocycles. The van der Waals surface area contributed by atoms with Crippen LogP contribution in [-0.4, -0.2) is 20.9 Å². The maximum Gasteiger partial charge on any atom is 0.258 e. The summed E-state index contributed by atoms with van der Waals surface area (Å²) < 4.78 is 28.5. The smallest absolute Gasteiger partial charge is 0.258 e. The number of fused-ring (bicyclic) bond motifs is 2. The summed E-state index contributed by atoms with van der Waals surface area (Å²) in [4.78, 5) is 15.1. The molecule has 0 unspecified atom stereocenters. The second-order valence-electron chi connectivity index (χ2n) is 9.00. The summed E-state index contributed by atoms with van der Waals surface area (Å²) in [6.45, 7) is 2.85. The molecule has 1 N–H and O–H groups in total. The molecule has 0 spiro atoms. The van der Waals surface area contributed by atoms with Crippen LogP contribution in [0.3, 0.4) is 0 Å². The topological polar surface area (TPSA) is 66.5 Å². The first-order valence-electron chi connectivity index (χ1n) is 11.5. The molecule has 0 saturated carbocycles. The standard InChI is InChI=1S/C27H28N2O3S/c1-19-6-9-22(10-7-19)27(30)29-15-14-24-16-20(8-13-26(24)29)18-28-33(31,32)25-12-11-21-4-2-3-5-23(21)17-25/h6-13,16-17,28H,2-5,14-15,18H2,1H3. The van der Waals surface area contributed by atoms with Crippen LogP contribution in [0.15, 0.2) is 65.6 Å². The van der Waals surface area contributed by atoms with Crippen molar-refractivity contribution in [1.29, 1.82) is 0 Å². The summed E-state index contributed by atoms with van der Waals surface area (Å²) >= 11 is 0. The van der Waals surface area contributed by atoms with Gasteiger partial charge in [0.15, 0.2) is 0 Å². The van der Waals surface area contributed by atoms with Crippen molar-refractivity contribution in [1.82, 2.24) is 4.72 Å². The van der Waals surface area contributed by atoms with Gasteiger partial charge in [-0.15, -0.1) is 0 Å². The lowest BCUT2D eigenvalue weighted by Crippen LogP contribution is -2.28. The highest BCUT2D eigenvalue weighted by atomic mass is 32.2. The summed E-state index contributed by atoms with van der Waals surface area (Å²) in [5, 5.41) is 0. The minimum absolute atomic E-state index is 0.00499. The van der Waals surface area contributed by atoms with Gasteiger partial charge in [-0.25, -0.2) is 13.1 Å². The van der Waals surface area contributed by atoms with Gasteiger partial charge in [0.25, 0.3) is 5.91 Å². The second kappa shape index (κ2) is 8.76. The largest absolute Gasteiger partial charge is 0.308 e. The fraction of sp³-hybridized carbons (Fsp3) is 0.296. The molecular weight excluding hydrogens is 432 g/mol. The van der Waals surface area contributed by atoms with Crippen LogP contribution in [0.1, 0.15) is 51.0 Å². The monoisotopic (exact) mass is 460 g/mol. The van der Waals surface area contributed by atoms with Crippen molar-refractivity contribution in [3.05, 3.63) is 94.0 Å². The number of anilines is 1. The SMILES string of the molecule is Cc1ccc(C(=O)N2CCc3cc(CNS(=O)(=O)c4ccc5c(c4)CCCC5)ccc32)cc1. The number of hydrogen-bond acceptors (Lipinski definition) is 3. The first-order chi connectivity index (χ1) is 15.9. The van der Waals surface area contributed by atoms with Gasteiger partial charge in [-0.3, -0.25) is 4.79 Å². The lowest BCUT2D eigenvalue weighted by Gasteiger charge is -2.18. The van der Waals surface area contributed by atoms with Crippen molar-refractivity contribution in [2.75, 3.05) is 11.4 Å². The Balaban J connectivity index is 1.29. The minimum atomic E-state index is -3.58. The first kappa shape index (κ1) is 21.9. The fourth-order valence-electron chi connectivity index (χ4n) is 4.77. The van der Waals surface area contributed by atoms with Gasteiger partial charge >= 0.3 is 0 Å². The van der Waals surface area contributed by atoms with Crippen LogP contribution in [0, 0.1) is 6.92 Å². The van der Waals surface area contributed by atoms with Gasteiger partial charge < -0.3 is 4.90 Å². The number of nitrogens with one attached hydrogen (secondary N) is 1. The van der Waals surface area contributed by atoms with E-state index in [0.717, 1.165) is 53.6 Å². The zero-order valence-corrected chi connectivity index (χ0v) is 19.6. The van der Waals surface area contributed by atoms with Gasteiger partial charge in [0.1, 0.15) is 0 Å². The molecule has 2 aliphatic rings. The number of rotatable bonds is 5. The third-order valence-corrected chi connectivity index (χ3v) is 8.08. The lowest BCUT2D eigenvalue weighted by molar-refractivity contribution is 0.0989. The molecule has 0 aromatic heterocycles. The lowest BCUT2D eigenvalue weighted by atomic mass is 9.92. The van der Waals surface area contributed by atoms with E-state index < -0.39 is 10.0 Å². The van der Waals surface area contributed by atoms with Crippen LogP contribution in [-0.2, 0) is 35.8 Å². The van der Waals surface area contributed by atoms with E-state index >= 15 is 0 Å². The van der Waals surface area contributed by atoms with Crippen LogP contribution in [0.25, 0.3) is 0 Å². The van der Waals surface area contributed by atoms with E-state index in [9.17, 15) is 13.2 Å². The highest BCUT2D eigenvalue weighted by molar-refractivity contribution is 7.89. The number of nitrogens with zero attached hydrogens (tertiary/aromatic N) is 1. The number of carbonyl (C=O) groups is 1. The van der Waals surface area contributed by atoms with Gasteiger partial charge in [-0.2, -0.15) is 0 Å². The van der Waals surface area contributed by atoms with E-state index in [2.05, 4.69) is 4.72 Å². The summed E-state index contributed by atoms with van der Waals surface area (Å²) in [6.07, 6.45) is 5.02. The Kier molecular flexibility index (Phi) is 5.81. The van der Waals surface area contributed by atoms with E-state index in [1.807, 2.05) is 61.5 Å². The predicted octanol–water partition coefficient (Wildman–Crippen LogP) is 4.56. The van der Waals surface area contributed by atoms with Crippen molar-refractivity contribution < 1.29 is 13.2 Å². The molecule has 5 nitrogen and oxygen atoms in total. The summed E-state index contributed by atoms with van der Waals surface area (Å²) in [7, 11) is -3.58. The fourth-order valence-corrected chi connectivity index (χ4v) is 5.83. The Morgan fingerprint density at radius 3 is 2.42 bits per heavy atom. The predicted molar refractivity (Wildman–Crippen MR) is 130 cm³/mol. The third kappa shape index (κ3) is 4.45. The highest BCUT2D eigenvalue weighted by Crippen LogP contribution is 2.30. The molecule has 0 fully saturated rings. The quantitative estimate of drug-likeness (QED) is 0.607. The van der Waals surface area contributed by atoms with Crippen molar-refractivity contribution in [3.63, 3.8) is 0 Å². The summed E-state index contributed by atoms with van der Waals surface area (Å²) in [5.74, 6) is -0.00499. The Hall–Kier alpha value is -2.96. The molecule has 3 aromatic carbocycles. The number of hydrogen-bond donors (Lipinski definition) is 1. The number of aryl methyl sites for hydroxylation is 3. The molecule has 0 saturated heterocycles. The molecular formula is C27H28N2O3S. The maximum absolute atomic E-state index is 13.0.